The van der Waals surface area contributed by atoms with Crippen molar-refractivity contribution in [2.24, 2.45) is 11.8 Å². The van der Waals surface area contributed by atoms with Gasteiger partial charge in [-0.1, -0.05) is 6.92 Å². The fraction of sp³-hybridized carbons (Fsp3) is 0.923. The Morgan fingerprint density at radius 1 is 1.44 bits per heavy atom. The molecule has 1 aliphatic rings. The summed E-state index contributed by atoms with van der Waals surface area (Å²) in [7, 11) is 0. The third-order valence-corrected chi connectivity index (χ3v) is 3.69. The minimum absolute atomic E-state index is 0.144. The number of hydrogen-bond donors (Lipinski definition) is 1. The average Bonchev–Trinajstić information content (AvgIpc) is 2.25. The standard InChI is InChI=1S/C13H24N2O/c1-10(2)15(6-7-16)13-8-11(3)4-5-12(13)9-14/h10-13,16H,4-8H2,1-3H3. The zero-order valence-corrected chi connectivity index (χ0v) is 10.7. The molecule has 0 bridgehead atoms. The number of rotatable bonds is 4. The van der Waals surface area contributed by atoms with Crippen LogP contribution in [0, 0.1) is 23.2 Å². The second-order valence-corrected chi connectivity index (χ2v) is 5.28. The first-order valence-electron chi connectivity index (χ1n) is 6.36. The normalized spacial score (nSPS) is 30.7. The van der Waals surface area contributed by atoms with Crippen molar-refractivity contribution in [3.8, 4) is 6.07 Å². The van der Waals surface area contributed by atoms with E-state index in [1.807, 2.05) is 0 Å². The lowest BCUT2D eigenvalue weighted by Gasteiger charge is -2.41. The van der Waals surface area contributed by atoms with E-state index in [9.17, 15) is 5.26 Å². The lowest BCUT2D eigenvalue weighted by Crippen LogP contribution is -2.48. The van der Waals surface area contributed by atoms with Gasteiger partial charge in [-0.25, -0.2) is 0 Å². The molecule has 1 saturated carbocycles. The van der Waals surface area contributed by atoms with Gasteiger partial charge in [-0.2, -0.15) is 5.26 Å². The van der Waals surface area contributed by atoms with Crippen molar-refractivity contribution in [1.29, 1.82) is 5.26 Å². The van der Waals surface area contributed by atoms with Gasteiger partial charge >= 0.3 is 0 Å². The van der Waals surface area contributed by atoms with Crippen LogP contribution in [0.15, 0.2) is 0 Å². The molecule has 0 aromatic carbocycles. The van der Waals surface area contributed by atoms with Gasteiger partial charge in [0.2, 0.25) is 0 Å². The molecular weight excluding hydrogens is 200 g/mol. The van der Waals surface area contributed by atoms with E-state index in [4.69, 9.17) is 5.11 Å². The molecular formula is C13H24N2O. The molecule has 3 atom stereocenters. The van der Waals surface area contributed by atoms with Gasteiger partial charge in [0.1, 0.15) is 0 Å². The van der Waals surface area contributed by atoms with Gasteiger partial charge in [-0.15, -0.1) is 0 Å². The largest absolute Gasteiger partial charge is 0.395 e. The fourth-order valence-electron chi connectivity index (χ4n) is 2.79. The highest BCUT2D eigenvalue weighted by atomic mass is 16.3. The van der Waals surface area contributed by atoms with Crippen molar-refractivity contribution in [1.82, 2.24) is 4.90 Å². The van der Waals surface area contributed by atoms with E-state index in [1.165, 1.54) is 6.42 Å². The van der Waals surface area contributed by atoms with Crippen LogP contribution in [0.5, 0.6) is 0 Å². The van der Waals surface area contributed by atoms with E-state index >= 15 is 0 Å². The van der Waals surface area contributed by atoms with Gasteiger partial charge in [-0.3, -0.25) is 4.90 Å². The Hall–Kier alpha value is -0.590. The second-order valence-electron chi connectivity index (χ2n) is 5.28. The van der Waals surface area contributed by atoms with Crippen LogP contribution in [-0.4, -0.2) is 35.2 Å². The minimum Gasteiger partial charge on any atom is -0.395 e. The maximum atomic E-state index is 9.21. The maximum absolute atomic E-state index is 9.21. The molecule has 0 amide bonds. The molecule has 1 aliphatic carbocycles. The quantitative estimate of drug-likeness (QED) is 0.794. The summed E-state index contributed by atoms with van der Waals surface area (Å²) in [5, 5.41) is 18.3. The molecule has 1 rings (SSSR count). The van der Waals surface area contributed by atoms with E-state index in [2.05, 4.69) is 31.7 Å². The zero-order chi connectivity index (χ0) is 12.1. The predicted octanol–water partition coefficient (Wildman–Crippen LogP) is 2.02. The van der Waals surface area contributed by atoms with Gasteiger partial charge < -0.3 is 5.11 Å². The summed E-state index contributed by atoms with van der Waals surface area (Å²) in [6.07, 6.45) is 3.27. The van der Waals surface area contributed by atoms with Crippen molar-refractivity contribution in [2.75, 3.05) is 13.2 Å². The number of nitriles is 1. The molecule has 0 saturated heterocycles. The molecule has 1 fully saturated rings. The summed E-state index contributed by atoms with van der Waals surface area (Å²) in [5.74, 6) is 0.847. The molecule has 3 nitrogen and oxygen atoms in total. The van der Waals surface area contributed by atoms with Crippen LogP contribution >= 0.6 is 0 Å². The molecule has 3 unspecified atom stereocenters. The van der Waals surface area contributed by atoms with Crippen molar-refractivity contribution in [2.45, 2.75) is 52.1 Å². The van der Waals surface area contributed by atoms with Crippen LogP contribution in [-0.2, 0) is 0 Å². The monoisotopic (exact) mass is 224 g/mol. The van der Waals surface area contributed by atoms with E-state index < -0.39 is 0 Å². The van der Waals surface area contributed by atoms with E-state index in [0.717, 1.165) is 12.8 Å². The highest BCUT2D eigenvalue weighted by Crippen LogP contribution is 2.32. The highest BCUT2D eigenvalue weighted by Gasteiger charge is 2.33. The number of aliphatic hydroxyl groups is 1. The van der Waals surface area contributed by atoms with E-state index in [0.29, 0.717) is 24.5 Å². The molecule has 16 heavy (non-hydrogen) atoms. The topological polar surface area (TPSA) is 47.3 Å². The predicted molar refractivity (Wildman–Crippen MR) is 64.8 cm³/mol. The summed E-state index contributed by atoms with van der Waals surface area (Å²) in [4.78, 5) is 2.30. The van der Waals surface area contributed by atoms with Gasteiger partial charge in [0.05, 0.1) is 18.6 Å². The Bertz CT molecular complexity index is 247. The van der Waals surface area contributed by atoms with Gasteiger partial charge in [-0.05, 0) is 39.0 Å². The van der Waals surface area contributed by atoms with Crippen LogP contribution in [0.25, 0.3) is 0 Å². The molecule has 92 valence electrons. The molecule has 1 N–H and O–H groups in total. The third kappa shape index (κ3) is 3.20. The smallest absolute Gasteiger partial charge is 0.0672 e. The Morgan fingerprint density at radius 2 is 2.12 bits per heavy atom. The van der Waals surface area contributed by atoms with Crippen molar-refractivity contribution >= 4 is 0 Å². The number of aliphatic hydroxyl groups excluding tert-OH is 1. The average molecular weight is 224 g/mol. The summed E-state index contributed by atoms with van der Waals surface area (Å²) >= 11 is 0. The second kappa shape index (κ2) is 6.22. The van der Waals surface area contributed by atoms with Gasteiger partial charge in [0.25, 0.3) is 0 Å². The summed E-state index contributed by atoms with van der Waals surface area (Å²) < 4.78 is 0. The van der Waals surface area contributed by atoms with E-state index in [1.54, 1.807) is 0 Å². The van der Waals surface area contributed by atoms with Crippen LogP contribution in [0.3, 0.4) is 0 Å². The summed E-state index contributed by atoms with van der Waals surface area (Å²) in [5.41, 5.74) is 0. The Balaban J connectivity index is 2.74. The molecule has 0 heterocycles. The lowest BCUT2D eigenvalue weighted by atomic mass is 9.78. The number of nitrogens with zero attached hydrogens (tertiary/aromatic N) is 2. The minimum atomic E-state index is 0.144. The highest BCUT2D eigenvalue weighted by molar-refractivity contribution is 4.97. The zero-order valence-electron chi connectivity index (χ0n) is 10.7. The third-order valence-electron chi connectivity index (χ3n) is 3.69. The molecule has 0 spiro atoms. The molecule has 0 radical (unpaired) electrons. The Kier molecular flexibility index (Phi) is 5.24. The van der Waals surface area contributed by atoms with Crippen molar-refractivity contribution < 1.29 is 5.11 Å². The van der Waals surface area contributed by atoms with E-state index in [-0.39, 0.29) is 12.5 Å². The van der Waals surface area contributed by atoms with Crippen molar-refractivity contribution in [3.05, 3.63) is 0 Å². The molecule has 0 aromatic rings. The Morgan fingerprint density at radius 3 is 2.62 bits per heavy atom. The van der Waals surface area contributed by atoms with Gasteiger partial charge in [0, 0.05) is 18.6 Å². The van der Waals surface area contributed by atoms with Crippen LogP contribution < -0.4 is 0 Å². The first kappa shape index (κ1) is 13.5. The van der Waals surface area contributed by atoms with Crippen molar-refractivity contribution in [3.63, 3.8) is 0 Å². The van der Waals surface area contributed by atoms with Gasteiger partial charge in [0.15, 0.2) is 0 Å². The van der Waals surface area contributed by atoms with Crippen LogP contribution in [0.4, 0.5) is 0 Å². The molecule has 3 heteroatoms. The maximum Gasteiger partial charge on any atom is 0.0672 e. The van der Waals surface area contributed by atoms with Crippen LogP contribution in [0.1, 0.15) is 40.0 Å². The fourth-order valence-corrected chi connectivity index (χ4v) is 2.79. The summed E-state index contributed by atoms with van der Waals surface area (Å²) in [6.45, 7) is 7.42. The SMILES string of the molecule is CC1CCC(C#N)C(N(CCO)C(C)C)C1. The lowest BCUT2D eigenvalue weighted by molar-refractivity contribution is 0.0607. The Labute approximate surface area is 99.1 Å². The first-order valence-corrected chi connectivity index (χ1v) is 6.36. The molecule has 0 aliphatic heterocycles. The molecule has 0 aromatic heterocycles. The summed E-state index contributed by atoms with van der Waals surface area (Å²) in [6, 6.07) is 3.18. The number of hydrogen-bond acceptors (Lipinski definition) is 3. The van der Waals surface area contributed by atoms with Crippen LogP contribution in [0.2, 0.25) is 0 Å². The first-order chi connectivity index (χ1) is 7.60.